The molecule has 2 nitrogen and oxygen atoms in total. The summed E-state index contributed by atoms with van der Waals surface area (Å²) >= 11 is 0. The van der Waals surface area contributed by atoms with Crippen molar-refractivity contribution in [3.8, 4) is 0 Å². The Labute approximate surface area is 131 Å². The molecule has 0 amide bonds. The monoisotopic (exact) mass is 294 g/mol. The van der Waals surface area contributed by atoms with Crippen LogP contribution in [0.25, 0.3) is 0 Å². The van der Waals surface area contributed by atoms with Crippen LogP contribution >= 0.6 is 0 Å². The van der Waals surface area contributed by atoms with Gasteiger partial charge in [-0.25, -0.2) is 4.79 Å². The normalized spacial score (nSPS) is 13.2. The van der Waals surface area contributed by atoms with Gasteiger partial charge in [0.05, 0.1) is 0 Å². The Bertz CT molecular complexity index is 292. The van der Waals surface area contributed by atoms with Crippen LogP contribution in [-0.4, -0.2) is 11.1 Å². The van der Waals surface area contributed by atoms with Gasteiger partial charge in [-0.05, 0) is 38.0 Å². The molecule has 0 aliphatic rings. The van der Waals surface area contributed by atoms with E-state index in [9.17, 15) is 4.79 Å². The molecule has 0 radical (unpaired) electrons. The van der Waals surface area contributed by atoms with Crippen molar-refractivity contribution < 1.29 is 9.90 Å². The molecule has 0 spiro atoms. The Morgan fingerprint density at radius 2 is 1.57 bits per heavy atom. The summed E-state index contributed by atoms with van der Waals surface area (Å²) < 4.78 is 0. The van der Waals surface area contributed by atoms with Crippen LogP contribution in [0.2, 0.25) is 0 Å². The van der Waals surface area contributed by atoms with E-state index in [1.807, 2.05) is 0 Å². The van der Waals surface area contributed by atoms with Gasteiger partial charge in [0.1, 0.15) is 0 Å². The second-order valence-electron chi connectivity index (χ2n) is 6.04. The van der Waals surface area contributed by atoms with Gasteiger partial charge in [0.2, 0.25) is 0 Å². The summed E-state index contributed by atoms with van der Waals surface area (Å²) in [6.07, 6.45) is 21.2. The second-order valence-corrected chi connectivity index (χ2v) is 6.04. The quantitative estimate of drug-likeness (QED) is 0.238. The Hall–Kier alpha value is -1.05. The Kier molecular flexibility index (Phi) is 14.6. The minimum Gasteiger partial charge on any atom is -0.478 e. The van der Waals surface area contributed by atoms with Crippen molar-refractivity contribution in [2.24, 2.45) is 5.92 Å². The van der Waals surface area contributed by atoms with Crippen molar-refractivity contribution >= 4 is 5.97 Å². The van der Waals surface area contributed by atoms with Crippen molar-refractivity contribution in [3.05, 3.63) is 24.3 Å². The average molecular weight is 294 g/mol. The maximum atomic E-state index is 10.3. The minimum atomic E-state index is -0.842. The molecular formula is C19H34O2. The third kappa shape index (κ3) is 16.9. The predicted molar refractivity (Wildman–Crippen MR) is 91.5 cm³/mol. The van der Waals surface area contributed by atoms with Gasteiger partial charge in [-0.1, -0.05) is 70.6 Å². The molecule has 0 aromatic carbocycles. The number of carboxylic acid groups (broad SMARTS) is 1. The number of carboxylic acids is 1. The zero-order valence-electron chi connectivity index (χ0n) is 14.0. The lowest BCUT2D eigenvalue weighted by molar-refractivity contribution is -0.131. The summed E-state index contributed by atoms with van der Waals surface area (Å²) in [5.41, 5.74) is 0. The lowest BCUT2D eigenvalue weighted by atomic mass is 10.0. The van der Waals surface area contributed by atoms with Crippen molar-refractivity contribution in [2.45, 2.75) is 84.5 Å². The van der Waals surface area contributed by atoms with Crippen LogP contribution in [0.3, 0.4) is 0 Å². The standard InChI is InChI=1S/C19H34O2/c1-3-4-15-18(2)16-13-11-9-7-5-6-8-10-12-14-17-19(20)21/h11,13-14,17-18H,3-10,12,15-16H2,1-2H3,(H,20,21). The average Bonchev–Trinajstić information content (AvgIpc) is 2.45. The highest BCUT2D eigenvalue weighted by Crippen LogP contribution is 2.13. The molecule has 1 atom stereocenters. The van der Waals surface area contributed by atoms with Gasteiger partial charge >= 0.3 is 5.97 Å². The van der Waals surface area contributed by atoms with Crippen molar-refractivity contribution in [1.82, 2.24) is 0 Å². The molecule has 122 valence electrons. The predicted octanol–water partition coefficient (Wildman–Crippen LogP) is 6.13. The number of allylic oxidation sites excluding steroid dienone is 3. The first kappa shape index (κ1) is 19.9. The summed E-state index contributed by atoms with van der Waals surface area (Å²) in [6.45, 7) is 4.60. The fourth-order valence-electron chi connectivity index (χ4n) is 2.36. The Balaban J connectivity index is 3.26. The van der Waals surface area contributed by atoms with Crippen LogP contribution in [0.15, 0.2) is 24.3 Å². The third-order valence-corrected chi connectivity index (χ3v) is 3.76. The lowest BCUT2D eigenvalue weighted by Gasteiger charge is -2.06. The first-order chi connectivity index (χ1) is 10.2. The van der Waals surface area contributed by atoms with E-state index in [1.165, 1.54) is 63.9 Å². The first-order valence-corrected chi connectivity index (χ1v) is 8.71. The van der Waals surface area contributed by atoms with E-state index in [0.717, 1.165) is 18.8 Å². The molecule has 0 aromatic rings. The molecule has 2 heteroatoms. The first-order valence-electron chi connectivity index (χ1n) is 8.71. The summed E-state index contributed by atoms with van der Waals surface area (Å²) in [5.74, 6) is -0.00847. The van der Waals surface area contributed by atoms with Crippen LogP contribution in [0.4, 0.5) is 0 Å². The van der Waals surface area contributed by atoms with Gasteiger partial charge < -0.3 is 5.11 Å². The summed E-state index contributed by atoms with van der Waals surface area (Å²) in [6, 6.07) is 0. The summed E-state index contributed by atoms with van der Waals surface area (Å²) in [4.78, 5) is 10.3. The van der Waals surface area contributed by atoms with E-state index in [4.69, 9.17) is 5.11 Å². The number of rotatable bonds is 14. The number of hydrogen-bond donors (Lipinski definition) is 1. The SMILES string of the molecule is CCCCC(C)CC=CCCCCCCCC=CC(=O)O. The van der Waals surface area contributed by atoms with E-state index >= 15 is 0 Å². The van der Waals surface area contributed by atoms with Crippen LogP contribution in [-0.2, 0) is 4.79 Å². The molecule has 0 heterocycles. The highest BCUT2D eigenvalue weighted by atomic mass is 16.4. The molecule has 0 fully saturated rings. The van der Waals surface area contributed by atoms with Crippen LogP contribution in [0.1, 0.15) is 84.5 Å². The molecule has 0 aliphatic heterocycles. The Morgan fingerprint density at radius 1 is 0.952 bits per heavy atom. The molecular weight excluding hydrogens is 260 g/mol. The molecule has 1 unspecified atom stereocenters. The van der Waals surface area contributed by atoms with Gasteiger partial charge in [0.25, 0.3) is 0 Å². The van der Waals surface area contributed by atoms with E-state index in [0.29, 0.717) is 0 Å². The Morgan fingerprint density at radius 3 is 2.19 bits per heavy atom. The van der Waals surface area contributed by atoms with E-state index in [-0.39, 0.29) is 0 Å². The number of aliphatic carboxylic acids is 1. The van der Waals surface area contributed by atoms with E-state index < -0.39 is 5.97 Å². The summed E-state index contributed by atoms with van der Waals surface area (Å²) in [7, 11) is 0. The number of hydrogen-bond acceptors (Lipinski definition) is 1. The maximum absolute atomic E-state index is 10.3. The van der Waals surface area contributed by atoms with Crippen molar-refractivity contribution in [1.29, 1.82) is 0 Å². The number of carbonyl (C=O) groups is 1. The lowest BCUT2D eigenvalue weighted by Crippen LogP contribution is -1.91. The largest absolute Gasteiger partial charge is 0.478 e. The third-order valence-electron chi connectivity index (χ3n) is 3.76. The van der Waals surface area contributed by atoms with Crippen LogP contribution in [0, 0.1) is 5.92 Å². The maximum Gasteiger partial charge on any atom is 0.327 e. The zero-order valence-corrected chi connectivity index (χ0v) is 14.0. The zero-order chi connectivity index (χ0) is 15.8. The second kappa shape index (κ2) is 15.3. The topological polar surface area (TPSA) is 37.3 Å². The fraction of sp³-hybridized carbons (Fsp3) is 0.737. The molecule has 0 rings (SSSR count). The van der Waals surface area contributed by atoms with Gasteiger partial charge in [0, 0.05) is 6.08 Å². The summed E-state index contributed by atoms with van der Waals surface area (Å²) in [5, 5.41) is 8.44. The van der Waals surface area contributed by atoms with Gasteiger partial charge in [-0.15, -0.1) is 0 Å². The number of unbranched alkanes of at least 4 members (excludes halogenated alkanes) is 7. The van der Waals surface area contributed by atoms with Gasteiger partial charge in [-0.2, -0.15) is 0 Å². The highest BCUT2D eigenvalue weighted by Gasteiger charge is 1.97. The van der Waals surface area contributed by atoms with Crippen molar-refractivity contribution in [3.63, 3.8) is 0 Å². The van der Waals surface area contributed by atoms with Gasteiger partial charge in [0.15, 0.2) is 0 Å². The minimum absolute atomic E-state index is 0.833. The molecule has 21 heavy (non-hydrogen) atoms. The van der Waals surface area contributed by atoms with Gasteiger partial charge in [-0.3, -0.25) is 0 Å². The molecule has 0 bridgehead atoms. The van der Waals surface area contributed by atoms with Crippen LogP contribution < -0.4 is 0 Å². The molecule has 0 saturated heterocycles. The molecule has 0 aromatic heterocycles. The molecule has 1 N–H and O–H groups in total. The van der Waals surface area contributed by atoms with Crippen LogP contribution in [0.5, 0.6) is 0 Å². The smallest absolute Gasteiger partial charge is 0.327 e. The molecule has 0 aliphatic carbocycles. The van der Waals surface area contributed by atoms with Crippen molar-refractivity contribution in [2.75, 3.05) is 0 Å². The van der Waals surface area contributed by atoms with E-state index in [2.05, 4.69) is 26.0 Å². The molecule has 0 saturated carbocycles. The fourth-order valence-corrected chi connectivity index (χ4v) is 2.36. The highest BCUT2D eigenvalue weighted by molar-refractivity contribution is 5.79. The van der Waals surface area contributed by atoms with E-state index in [1.54, 1.807) is 6.08 Å².